The van der Waals surface area contributed by atoms with E-state index in [0.717, 1.165) is 18.3 Å². The lowest BCUT2D eigenvalue weighted by Gasteiger charge is -2.65. The summed E-state index contributed by atoms with van der Waals surface area (Å²) in [7, 11) is -4.04. The second-order valence-electron chi connectivity index (χ2n) is 9.29. The molecule has 3 heterocycles. The number of hydrogen-bond donors (Lipinski definition) is 4. The van der Waals surface area contributed by atoms with Crippen LogP contribution in [-0.2, 0) is 5.54 Å². The van der Waals surface area contributed by atoms with Crippen LogP contribution in [0.15, 0.2) is 35.5 Å². The molecule has 36 heavy (non-hydrogen) atoms. The number of nitrogens with two attached hydrogens (primary N) is 1. The first-order valence-corrected chi connectivity index (χ1v) is 12.6. The third kappa shape index (κ3) is 3.71. The zero-order valence-electron chi connectivity index (χ0n) is 19.7. The van der Waals surface area contributed by atoms with E-state index in [1.54, 1.807) is 0 Å². The second kappa shape index (κ2) is 8.60. The zero-order valence-corrected chi connectivity index (χ0v) is 20.5. The van der Waals surface area contributed by atoms with Crippen molar-refractivity contribution in [2.75, 3.05) is 5.32 Å². The minimum atomic E-state index is -4.04. The van der Waals surface area contributed by atoms with Crippen molar-refractivity contribution in [3.63, 3.8) is 0 Å². The van der Waals surface area contributed by atoms with Gasteiger partial charge in [-0.25, -0.2) is 13.8 Å². The van der Waals surface area contributed by atoms with Gasteiger partial charge in [-0.1, -0.05) is 0 Å². The molecule has 1 fully saturated rings. The minimum absolute atomic E-state index is 0.0460. The smallest absolute Gasteiger partial charge is 0.387 e. The number of alkyl halides is 3. The number of ether oxygens (including phenoxy) is 1. The number of nitrogens with zero attached hydrogens (tertiary/aromatic N) is 2. The fourth-order valence-corrected chi connectivity index (χ4v) is 7.53. The van der Waals surface area contributed by atoms with E-state index in [-0.39, 0.29) is 53.4 Å². The van der Waals surface area contributed by atoms with Crippen molar-refractivity contribution in [2.24, 2.45) is 10.7 Å². The molecule has 0 spiro atoms. The van der Waals surface area contributed by atoms with Crippen molar-refractivity contribution < 1.29 is 36.2 Å². The Morgan fingerprint density at radius 3 is 2.58 bits per heavy atom. The number of benzene rings is 1. The lowest BCUT2D eigenvalue weighted by atomic mass is 9.81. The third-order valence-electron chi connectivity index (χ3n) is 7.09. The summed E-state index contributed by atoms with van der Waals surface area (Å²) in [5.41, 5.74) is 3.86. The van der Waals surface area contributed by atoms with E-state index in [0.29, 0.717) is 0 Å². The van der Waals surface area contributed by atoms with Crippen molar-refractivity contribution >= 4 is 28.0 Å². The zero-order chi connectivity index (χ0) is 26.7. The first kappa shape index (κ1) is 26.2. The van der Waals surface area contributed by atoms with E-state index >= 15 is 8.78 Å². The van der Waals surface area contributed by atoms with Gasteiger partial charge in [0.25, 0.3) is 5.91 Å². The van der Waals surface area contributed by atoms with E-state index in [1.165, 1.54) is 32.9 Å². The maximum atomic E-state index is 16.6. The van der Waals surface area contributed by atoms with Crippen LogP contribution in [0.1, 0.15) is 54.7 Å². The van der Waals surface area contributed by atoms with Crippen molar-refractivity contribution in [1.82, 2.24) is 4.98 Å². The van der Waals surface area contributed by atoms with Gasteiger partial charge in [0.05, 0.1) is 6.20 Å². The van der Waals surface area contributed by atoms with E-state index in [1.807, 2.05) is 0 Å². The Labute approximate surface area is 206 Å². The number of aryl methyl sites for hydroxylation is 1. The quantitative estimate of drug-likeness (QED) is 0.387. The molecule has 0 unspecified atom stereocenters. The first-order chi connectivity index (χ1) is 16.7. The molecule has 1 aromatic heterocycles. The molecule has 1 aromatic carbocycles. The van der Waals surface area contributed by atoms with E-state index in [2.05, 4.69) is 20.0 Å². The van der Waals surface area contributed by atoms with Gasteiger partial charge < -0.3 is 15.8 Å². The molecule has 5 N–H and O–H groups in total. The molecule has 13 heteroatoms. The van der Waals surface area contributed by atoms with Crippen molar-refractivity contribution in [3.05, 3.63) is 53.1 Å². The highest BCUT2D eigenvalue weighted by Gasteiger charge is 2.70. The highest BCUT2D eigenvalue weighted by atomic mass is 32.3. The number of fused-ring (bicyclic) bond motifs is 2. The van der Waals surface area contributed by atoms with Gasteiger partial charge in [-0.2, -0.15) is 8.78 Å². The Hall–Kier alpha value is -2.90. The fourth-order valence-electron chi connectivity index (χ4n) is 4.91. The largest absolute Gasteiger partial charge is 0.433 e. The normalized spacial score (nSPS) is 29.9. The predicted octanol–water partition coefficient (Wildman–Crippen LogP) is 5.33. The van der Waals surface area contributed by atoms with Gasteiger partial charge in [-0.05, 0) is 63.4 Å². The number of nitrogens with one attached hydrogen (secondary N) is 1. The van der Waals surface area contributed by atoms with Crippen LogP contribution >= 0.6 is 10.6 Å². The molecule has 0 radical (unpaired) electrons. The second-order valence-corrected chi connectivity index (χ2v) is 11.9. The van der Waals surface area contributed by atoms with Gasteiger partial charge in [0.1, 0.15) is 33.4 Å². The summed E-state index contributed by atoms with van der Waals surface area (Å²) in [6, 6.07) is 4.59. The van der Waals surface area contributed by atoms with Gasteiger partial charge in [0.2, 0.25) is 5.00 Å². The highest BCUT2D eigenvalue weighted by Crippen LogP contribution is 2.76. The topological polar surface area (TPSA) is 130 Å². The number of rotatable bonds is 5. The number of pyridine rings is 1. The molecule has 2 aliphatic rings. The molecule has 2 aliphatic heterocycles. The SMILES string of the molecule is Cc1cc(OC(F)F)cnc1C(=O)Nc1ccc(F)c([C@@]2(C)N=C(N)[C@]3(C)CCC[C@@]2(F)S3(O)O)c1. The highest BCUT2D eigenvalue weighted by molar-refractivity contribution is 8.27. The monoisotopic (exact) mass is 530 g/mol. The Morgan fingerprint density at radius 2 is 1.94 bits per heavy atom. The molecule has 2 aromatic rings. The fraction of sp³-hybridized carbons (Fsp3) is 0.435. The van der Waals surface area contributed by atoms with Crippen LogP contribution in [0.5, 0.6) is 5.75 Å². The lowest BCUT2D eigenvalue weighted by molar-refractivity contribution is -0.0501. The third-order valence-corrected chi connectivity index (χ3v) is 10.3. The van der Waals surface area contributed by atoms with Gasteiger partial charge in [-0.3, -0.25) is 18.9 Å². The number of anilines is 1. The predicted molar refractivity (Wildman–Crippen MR) is 128 cm³/mol. The summed E-state index contributed by atoms with van der Waals surface area (Å²) in [5, 5.41) is -0.197. The number of carbonyl (C=O) groups excluding carboxylic acids is 1. The summed E-state index contributed by atoms with van der Waals surface area (Å²) >= 11 is 0. The average Bonchev–Trinajstić information content (AvgIpc) is 2.77. The van der Waals surface area contributed by atoms with Crippen LogP contribution in [0, 0.1) is 12.7 Å². The van der Waals surface area contributed by atoms with Crippen molar-refractivity contribution in [1.29, 1.82) is 0 Å². The summed E-state index contributed by atoms with van der Waals surface area (Å²) < 4.78 is 81.4. The van der Waals surface area contributed by atoms with Crippen LogP contribution in [0.3, 0.4) is 0 Å². The number of amides is 1. The van der Waals surface area contributed by atoms with Gasteiger partial charge in [0, 0.05) is 17.7 Å². The summed E-state index contributed by atoms with van der Waals surface area (Å²) in [6.07, 6.45) is 1.19. The van der Waals surface area contributed by atoms with Crippen LogP contribution < -0.4 is 15.8 Å². The molecule has 4 rings (SSSR count). The number of carbonyl (C=O) groups is 1. The van der Waals surface area contributed by atoms with Crippen molar-refractivity contribution in [3.8, 4) is 5.75 Å². The number of hydrogen-bond acceptors (Lipinski definition) is 7. The molecule has 8 nitrogen and oxygen atoms in total. The molecule has 1 saturated heterocycles. The Kier molecular flexibility index (Phi) is 6.25. The molecule has 2 bridgehead atoms. The average molecular weight is 531 g/mol. The van der Waals surface area contributed by atoms with Crippen LogP contribution in [-0.4, -0.2) is 42.2 Å². The molecule has 0 saturated carbocycles. The Bertz CT molecular complexity index is 1260. The van der Waals surface area contributed by atoms with Gasteiger partial charge in [0.15, 0.2) is 0 Å². The standard InChI is InChI=1S/C23H26F4N4O4S/c1-12-9-14(35-20(25)26)11-29-17(12)18(32)30-13-5-6-16(24)15(10-13)22(3)23(27)8-4-7-21(2,19(28)31-22)36(23,33)34/h5-6,9-11,20,33-34H,4,7-8H2,1-3H3,(H2,28,31)(H,30,32)/t21-,22+,23+/m0/s1. The van der Waals surface area contributed by atoms with Crippen LogP contribution in [0.25, 0.3) is 0 Å². The molecule has 196 valence electrons. The lowest BCUT2D eigenvalue weighted by Crippen LogP contribution is -2.65. The van der Waals surface area contributed by atoms with Crippen molar-refractivity contribution in [2.45, 2.75) is 61.9 Å². The molecule has 0 aliphatic carbocycles. The maximum absolute atomic E-state index is 16.6. The minimum Gasteiger partial charge on any atom is -0.433 e. The summed E-state index contributed by atoms with van der Waals surface area (Å²) in [5.74, 6) is -2.03. The van der Waals surface area contributed by atoms with Crippen LogP contribution in [0.2, 0.25) is 0 Å². The number of aromatic nitrogens is 1. The van der Waals surface area contributed by atoms with Gasteiger partial charge >= 0.3 is 6.61 Å². The van der Waals surface area contributed by atoms with E-state index in [4.69, 9.17) is 5.73 Å². The molecular formula is C23H26F4N4O4S. The Balaban J connectivity index is 1.72. The maximum Gasteiger partial charge on any atom is 0.387 e. The first-order valence-electron chi connectivity index (χ1n) is 11.0. The summed E-state index contributed by atoms with van der Waals surface area (Å²) in [4.78, 5) is 20.9. The van der Waals surface area contributed by atoms with Gasteiger partial charge in [-0.15, -0.1) is 10.6 Å². The Morgan fingerprint density at radius 1 is 1.25 bits per heavy atom. The molecular weight excluding hydrogens is 504 g/mol. The van der Waals surface area contributed by atoms with E-state index in [9.17, 15) is 22.7 Å². The number of halogens is 4. The van der Waals surface area contributed by atoms with Crippen LogP contribution in [0.4, 0.5) is 23.2 Å². The molecule has 3 atom stereocenters. The molecule has 1 amide bonds. The van der Waals surface area contributed by atoms with E-state index < -0.39 is 44.2 Å². The number of aliphatic imine (C=N–C) groups is 1. The number of amidine groups is 1. The summed E-state index contributed by atoms with van der Waals surface area (Å²) in [6.45, 7) is 1.10.